The van der Waals surface area contributed by atoms with Crippen molar-refractivity contribution in [2.45, 2.75) is 82.7 Å². The number of carbonyl (C=O) groups is 4. The van der Waals surface area contributed by atoms with Crippen molar-refractivity contribution in [2.24, 2.45) is 0 Å². The summed E-state index contributed by atoms with van der Waals surface area (Å²) in [5, 5.41) is 10.3. The molecule has 2 N–H and O–H groups in total. The van der Waals surface area contributed by atoms with Crippen LogP contribution in [0.25, 0.3) is 0 Å². The van der Waals surface area contributed by atoms with E-state index in [1.807, 2.05) is 0 Å². The minimum Gasteiger partial charge on any atom is -0.461 e. The van der Waals surface area contributed by atoms with E-state index in [0.717, 1.165) is 0 Å². The number of hydrogen-bond acceptors (Lipinski definition) is 9. The number of unbranched alkanes of at least 4 members (excludes halogenated alkanes) is 1. The van der Waals surface area contributed by atoms with Crippen LogP contribution in [0.3, 0.4) is 0 Å². The zero-order chi connectivity index (χ0) is 36.1. The van der Waals surface area contributed by atoms with Crippen LogP contribution in [0.4, 0.5) is 26.3 Å². The van der Waals surface area contributed by atoms with E-state index in [1.54, 1.807) is 42.5 Å². The summed E-state index contributed by atoms with van der Waals surface area (Å²) in [5.41, 5.74) is -0.539. The molecule has 0 heterocycles. The Kier molecular flexibility index (Phi) is 14.7. The summed E-state index contributed by atoms with van der Waals surface area (Å²) in [6, 6.07) is 13.1. The van der Waals surface area contributed by atoms with Crippen molar-refractivity contribution in [1.82, 2.24) is 5.32 Å². The smallest absolute Gasteiger partial charge is 0.423 e. The van der Waals surface area contributed by atoms with Crippen LogP contribution in [-0.4, -0.2) is 73.2 Å². The van der Waals surface area contributed by atoms with Crippen LogP contribution in [-0.2, 0) is 35.2 Å². The summed E-state index contributed by atoms with van der Waals surface area (Å²) in [6.45, 7) is 0.975. The predicted octanol–water partition coefficient (Wildman–Crippen LogP) is 5.91. The van der Waals surface area contributed by atoms with E-state index < -0.39 is 60.3 Å². The van der Waals surface area contributed by atoms with Gasteiger partial charge in [-0.3, -0.25) is 14.4 Å². The average Bonchev–Trinajstić information content (AvgIpc) is 3.01. The molecule has 0 aliphatic rings. The quantitative estimate of drug-likeness (QED) is 0.0647. The SMILES string of the molecule is COC(C)(C)C(=O)N[C@@H](CCCCC(=N)CC(=O)OCc1ccc(OC(=O)c2ccccc2)cc1)C(=O)COC(C(F)(F)F)C(F)(F)F. The topological polar surface area (TPSA) is 141 Å². The van der Waals surface area contributed by atoms with E-state index in [2.05, 4.69) is 10.1 Å². The Morgan fingerprint density at radius 3 is 2.04 bits per heavy atom. The zero-order valence-electron chi connectivity index (χ0n) is 26.3. The van der Waals surface area contributed by atoms with Crippen LogP contribution in [0, 0.1) is 5.41 Å². The van der Waals surface area contributed by atoms with Gasteiger partial charge in [0.1, 0.15) is 24.6 Å². The molecular formula is C32H36F6N2O8. The normalized spacial score (nSPS) is 12.7. The molecule has 2 rings (SSSR count). The second-order valence-corrected chi connectivity index (χ2v) is 11.1. The highest BCUT2D eigenvalue weighted by Crippen LogP contribution is 2.35. The lowest BCUT2D eigenvalue weighted by atomic mass is 10.0. The molecule has 2 aromatic rings. The van der Waals surface area contributed by atoms with Gasteiger partial charge in [-0.25, -0.2) is 4.79 Å². The molecule has 16 heteroatoms. The molecule has 0 aliphatic carbocycles. The largest absolute Gasteiger partial charge is 0.461 e. The van der Waals surface area contributed by atoms with Crippen molar-refractivity contribution in [3.05, 3.63) is 65.7 Å². The minimum absolute atomic E-state index is 0.0304. The third-order valence-corrected chi connectivity index (χ3v) is 6.86. The van der Waals surface area contributed by atoms with Crippen LogP contribution in [0.1, 0.15) is 61.9 Å². The molecule has 0 saturated heterocycles. The average molecular weight is 691 g/mol. The van der Waals surface area contributed by atoms with E-state index in [1.165, 1.54) is 33.1 Å². The number of ketones is 1. The van der Waals surface area contributed by atoms with Crippen molar-refractivity contribution < 1.29 is 64.5 Å². The number of halogens is 6. The maximum absolute atomic E-state index is 12.8. The lowest BCUT2D eigenvalue weighted by Gasteiger charge is -2.27. The highest BCUT2D eigenvalue weighted by molar-refractivity contribution is 5.97. The minimum atomic E-state index is -5.82. The fourth-order valence-corrected chi connectivity index (χ4v) is 3.94. The molecule has 48 heavy (non-hydrogen) atoms. The maximum atomic E-state index is 12.8. The van der Waals surface area contributed by atoms with Crippen LogP contribution >= 0.6 is 0 Å². The summed E-state index contributed by atoms with van der Waals surface area (Å²) in [5.74, 6) is -3.03. The van der Waals surface area contributed by atoms with E-state index >= 15 is 0 Å². The van der Waals surface area contributed by atoms with Gasteiger partial charge in [-0.2, -0.15) is 26.3 Å². The molecule has 0 aliphatic heterocycles. The number of benzene rings is 2. The first kappa shape index (κ1) is 39.9. The highest BCUT2D eigenvalue weighted by Gasteiger charge is 2.58. The van der Waals surface area contributed by atoms with Crippen molar-refractivity contribution in [1.29, 1.82) is 5.41 Å². The van der Waals surface area contributed by atoms with Gasteiger partial charge in [0.05, 0.1) is 18.0 Å². The Hall–Kier alpha value is -4.31. The van der Waals surface area contributed by atoms with Crippen molar-refractivity contribution >= 4 is 29.3 Å². The zero-order valence-corrected chi connectivity index (χ0v) is 26.3. The number of esters is 2. The molecule has 1 amide bonds. The summed E-state index contributed by atoms with van der Waals surface area (Å²) < 4.78 is 96.3. The first-order valence-electron chi connectivity index (χ1n) is 14.6. The Morgan fingerprint density at radius 1 is 0.875 bits per heavy atom. The monoisotopic (exact) mass is 690 g/mol. The van der Waals surface area contributed by atoms with Crippen molar-refractivity contribution in [2.75, 3.05) is 13.7 Å². The molecule has 0 saturated carbocycles. The molecule has 0 radical (unpaired) electrons. The number of amides is 1. The lowest BCUT2D eigenvalue weighted by Crippen LogP contribution is -2.52. The van der Waals surface area contributed by atoms with E-state index in [4.69, 9.17) is 19.6 Å². The second-order valence-electron chi connectivity index (χ2n) is 11.1. The molecular weight excluding hydrogens is 654 g/mol. The van der Waals surface area contributed by atoms with Gasteiger partial charge in [-0.05, 0) is 62.9 Å². The van der Waals surface area contributed by atoms with Gasteiger partial charge < -0.3 is 29.7 Å². The number of nitrogens with one attached hydrogen (secondary N) is 2. The molecule has 0 fully saturated rings. The van der Waals surface area contributed by atoms with Crippen LogP contribution < -0.4 is 10.1 Å². The van der Waals surface area contributed by atoms with E-state index in [0.29, 0.717) is 11.1 Å². The van der Waals surface area contributed by atoms with E-state index in [9.17, 15) is 45.5 Å². The number of rotatable bonds is 18. The Morgan fingerprint density at radius 2 is 1.48 bits per heavy atom. The molecule has 10 nitrogen and oxygen atoms in total. The van der Waals surface area contributed by atoms with Gasteiger partial charge in [-0.15, -0.1) is 0 Å². The molecule has 264 valence electrons. The Labute approximate surface area is 272 Å². The predicted molar refractivity (Wildman–Crippen MR) is 158 cm³/mol. The summed E-state index contributed by atoms with van der Waals surface area (Å²) in [7, 11) is 1.19. The van der Waals surface area contributed by atoms with Crippen molar-refractivity contribution in [3.63, 3.8) is 0 Å². The van der Waals surface area contributed by atoms with E-state index in [-0.39, 0.29) is 50.2 Å². The van der Waals surface area contributed by atoms with Crippen LogP contribution in [0.2, 0.25) is 0 Å². The number of ether oxygens (including phenoxy) is 4. The third-order valence-electron chi connectivity index (χ3n) is 6.86. The molecule has 1 atom stereocenters. The first-order chi connectivity index (χ1) is 22.3. The molecule has 0 spiro atoms. The summed E-state index contributed by atoms with van der Waals surface area (Å²) in [6.07, 6.45) is -16.0. The number of hydrogen-bond donors (Lipinski definition) is 2. The van der Waals surface area contributed by atoms with Crippen LogP contribution in [0.15, 0.2) is 54.6 Å². The Bertz CT molecular complexity index is 1380. The number of alkyl halides is 6. The molecule has 0 aromatic heterocycles. The van der Waals surface area contributed by atoms with Crippen molar-refractivity contribution in [3.8, 4) is 5.75 Å². The van der Waals surface area contributed by atoms with Gasteiger partial charge in [0.25, 0.3) is 5.91 Å². The fourth-order valence-electron chi connectivity index (χ4n) is 3.94. The summed E-state index contributed by atoms with van der Waals surface area (Å²) >= 11 is 0. The van der Waals surface area contributed by atoms with Gasteiger partial charge >= 0.3 is 24.3 Å². The third kappa shape index (κ3) is 13.4. The summed E-state index contributed by atoms with van der Waals surface area (Å²) in [4.78, 5) is 49.5. The standard InChI is InChI=1S/C32H36F6N2O8/c1-30(2,45-3)29(44)40-24(25(41)19-47-28(31(33,34)35)32(36,37)38)12-8-7-11-22(39)17-26(42)46-18-20-13-15-23(16-14-20)48-27(43)21-9-5-4-6-10-21/h4-6,9-10,13-16,24,28,39H,7-8,11-12,17-19H2,1-3H3,(H,40,44)/t24-/m0/s1. The fraction of sp³-hybridized carbons (Fsp3) is 0.469. The number of methoxy groups -OCH3 is 1. The van der Waals surface area contributed by atoms with Crippen LogP contribution in [0.5, 0.6) is 5.75 Å². The van der Waals surface area contributed by atoms with Gasteiger partial charge in [0.2, 0.25) is 6.10 Å². The van der Waals surface area contributed by atoms with Gasteiger partial charge in [0, 0.05) is 12.8 Å². The highest BCUT2D eigenvalue weighted by atomic mass is 19.4. The second kappa shape index (κ2) is 17.7. The van der Waals surface area contributed by atoms with Gasteiger partial charge in [0.15, 0.2) is 5.78 Å². The molecule has 0 unspecified atom stereocenters. The number of Topliss-reactive ketones (excluding diaryl/α,β-unsaturated/α-hetero) is 1. The molecule has 2 aromatic carbocycles. The van der Waals surface area contributed by atoms with Gasteiger partial charge in [-0.1, -0.05) is 36.8 Å². The Balaban J connectivity index is 1.84. The molecule has 0 bridgehead atoms. The lowest BCUT2D eigenvalue weighted by molar-refractivity contribution is -0.319. The number of carbonyl (C=O) groups excluding carboxylic acids is 4. The maximum Gasteiger partial charge on any atom is 0.423 e. The first-order valence-corrected chi connectivity index (χ1v) is 14.6.